The molecule has 2 N–H and O–H groups in total. The van der Waals surface area contributed by atoms with E-state index in [9.17, 15) is 0 Å². The SMILES string of the molecule is COc1ccc2[nH]c3c(c2c1)CCN[C@@H]3CCN1CCCC1. The number of nitrogens with one attached hydrogen (secondary N) is 2. The van der Waals surface area contributed by atoms with E-state index in [2.05, 4.69) is 27.3 Å². The van der Waals surface area contributed by atoms with Crippen molar-refractivity contribution in [3.8, 4) is 5.75 Å². The number of ether oxygens (including phenoxy) is 1. The van der Waals surface area contributed by atoms with Gasteiger partial charge < -0.3 is 19.9 Å². The molecule has 1 aromatic carbocycles. The van der Waals surface area contributed by atoms with Gasteiger partial charge in [-0.05, 0) is 75.6 Å². The molecule has 1 aromatic heterocycles. The van der Waals surface area contributed by atoms with Crippen molar-refractivity contribution < 1.29 is 4.74 Å². The predicted octanol–water partition coefficient (Wildman–Crippen LogP) is 2.85. The first-order valence-electron chi connectivity index (χ1n) is 8.49. The van der Waals surface area contributed by atoms with Crippen molar-refractivity contribution >= 4 is 10.9 Å². The van der Waals surface area contributed by atoms with Gasteiger partial charge in [0, 0.05) is 22.6 Å². The lowest BCUT2D eigenvalue weighted by Crippen LogP contribution is -2.33. The van der Waals surface area contributed by atoms with E-state index >= 15 is 0 Å². The van der Waals surface area contributed by atoms with Gasteiger partial charge in [-0.25, -0.2) is 0 Å². The van der Waals surface area contributed by atoms with Crippen LogP contribution in [0, 0.1) is 0 Å². The number of fused-ring (bicyclic) bond motifs is 3. The molecule has 2 aliphatic rings. The molecule has 0 radical (unpaired) electrons. The van der Waals surface area contributed by atoms with Crippen molar-refractivity contribution in [1.82, 2.24) is 15.2 Å². The van der Waals surface area contributed by atoms with Gasteiger partial charge >= 0.3 is 0 Å². The summed E-state index contributed by atoms with van der Waals surface area (Å²) in [5, 5.41) is 5.03. The number of aromatic nitrogens is 1. The van der Waals surface area contributed by atoms with Gasteiger partial charge in [0.2, 0.25) is 0 Å². The second-order valence-electron chi connectivity index (χ2n) is 6.52. The Bertz CT molecular complexity index is 658. The smallest absolute Gasteiger partial charge is 0.119 e. The lowest BCUT2D eigenvalue weighted by Gasteiger charge is -2.26. The number of aromatic amines is 1. The molecule has 22 heavy (non-hydrogen) atoms. The maximum absolute atomic E-state index is 5.39. The van der Waals surface area contributed by atoms with Crippen LogP contribution in [0.2, 0.25) is 0 Å². The molecule has 4 rings (SSSR count). The fourth-order valence-corrected chi connectivity index (χ4v) is 3.98. The maximum atomic E-state index is 5.39. The van der Waals surface area contributed by atoms with E-state index < -0.39 is 0 Å². The molecule has 0 unspecified atom stereocenters. The molecule has 1 saturated heterocycles. The van der Waals surface area contributed by atoms with Crippen LogP contribution in [0.25, 0.3) is 10.9 Å². The Hall–Kier alpha value is -1.52. The Morgan fingerprint density at radius 3 is 2.95 bits per heavy atom. The average molecular weight is 299 g/mol. The third-order valence-corrected chi connectivity index (χ3v) is 5.19. The van der Waals surface area contributed by atoms with Crippen LogP contribution in [0.4, 0.5) is 0 Å². The zero-order chi connectivity index (χ0) is 14.9. The molecule has 4 nitrogen and oxygen atoms in total. The lowest BCUT2D eigenvalue weighted by atomic mass is 9.97. The third-order valence-electron chi connectivity index (χ3n) is 5.19. The van der Waals surface area contributed by atoms with Gasteiger partial charge in [0.15, 0.2) is 0 Å². The average Bonchev–Trinajstić information content (AvgIpc) is 3.19. The largest absolute Gasteiger partial charge is 0.497 e. The Kier molecular flexibility index (Phi) is 3.80. The fraction of sp³-hybridized carbons (Fsp3) is 0.556. The Morgan fingerprint density at radius 1 is 1.27 bits per heavy atom. The van der Waals surface area contributed by atoms with Gasteiger partial charge in [-0.3, -0.25) is 0 Å². The molecule has 0 spiro atoms. The summed E-state index contributed by atoms with van der Waals surface area (Å²) >= 11 is 0. The van der Waals surface area contributed by atoms with Crippen molar-refractivity contribution in [2.75, 3.05) is 33.3 Å². The number of hydrogen-bond donors (Lipinski definition) is 2. The number of H-pyrrole nitrogens is 1. The summed E-state index contributed by atoms with van der Waals surface area (Å²) in [6.45, 7) is 4.84. The maximum Gasteiger partial charge on any atom is 0.119 e. The van der Waals surface area contributed by atoms with E-state index in [-0.39, 0.29) is 0 Å². The quantitative estimate of drug-likeness (QED) is 0.912. The molecule has 4 heteroatoms. The van der Waals surface area contributed by atoms with E-state index in [0.717, 1.165) is 18.7 Å². The Morgan fingerprint density at radius 2 is 2.14 bits per heavy atom. The van der Waals surface area contributed by atoms with E-state index in [1.807, 2.05) is 6.07 Å². The van der Waals surface area contributed by atoms with Crippen molar-refractivity contribution in [3.05, 3.63) is 29.5 Å². The van der Waals surface area contributed by atoms with Gasteiger partial charge in [0.25, 0.3) is 0 Å². The minimum Gasteiger partial charge on any atom is -0.497 e. The van der Waals surface area contributed by atoms with Crippen molar-refractivity contribution in [1.29, 1.82) is 0 Å². The lowest BCUT2D eigenvalue weighted by molar-refractivity contribution is 0.305. The highest BCUT2D eigenvalue weighted by Crippen LogP contribution is 2.33. The summed E-state index contributed by atoms with van der Waals surface area (Å²) in [4.78, 5) is 6.26. The van der Waals surface area contributed by atoms with Crippen LogP contribution in [0.5, 0.6) is 5.75 Å². The molecular formula is C18H25N3O. The minimum absolute atomic E-state index is 0.461. The zero-order valence-corrected chi connectivity index (χ0v) is 13.3. The van der Waals surface area contributed by atoms with Crippen LogP contribution in [0.3, 0.4) is 0 Å². The summed E-state index contributed by atoms with van der Waals surface area (Å²) < 4.78 is 5.39. The van der Waals surface area contributed by atoms with Crippen molar-refractivity contribution in [2.45, 2.75) is 31.7 Å². The Labute approximate surface area is 131 Å². The highest BCUT2D eigenvalue weighted by atomic mass is 16.5. The van der Waals surface area contributed by atoms with Crippen molar-refractivity contribution in [3.63, 3.8) is 0 Å². The second kappa shape index (κ2) is 5.94. The normalized spacial score (nSPS) is 22.1. The standard InChI is InChI=1S/C18H25N3O/c1-22-13-4-5-16-15(12-13)14-6-8-19-17(18(14)20-16)7-11-21-9-2-3-10-21/h4-5,12,17,19-20H,2-3,6-11H2,1H3/t17-/m1/s1. The van der Waals surface area contributed by atoms with Crippen molar-refractivity contribution in [2.24, 2.45) is 0 Å². The summed E-state index contributed by atoms with van der Waals surface area (Å²) in [5.74, 6) is 0.946. The van der Waals surface area contributed by atoms with Gasteiger partial charge in [0.05, 0.1) is 7.11 Å². The van der Waals surface area contributed by atoms with Gasteiger partial charge in [-0.2, -0.15) is 0 Å². The van der Waals surface area contributed by atoms with Crippen LogP contribution in [0.1, 0.15) is 36.6 Å². The first-order chi connectivity index (χ1) is 10.8. The number of hydrogen-bond acceptors (Lipinski definition) is 3. The molecule has 3 heterocycles. The predicted molar refractivity (Wildman–Crippen MR) is 89.6 cm³/mol. The summed E-state index contributed by atoms with van der Waals surface area (Å²) in [5.41, 5.74) is 4.12. The first kappa shape index (κ1) is 14.1. The molecule has 2 aliphatic heterocycles. The van der Waals surface area contributed by atoms with E-state index in [4.69, 9.17) is 4.74 Å². The van der Waals surface area contributed by atoms with Gasteiger partial charge in [0.1, 0.15) is 5.75 Å². The molecule has 2 aromatic rings. The first-order valence-corrected chi connectivity index (χ1v) is 8.49. The summed E-state index contributed by atoms with van der Waals surface area (Å²) in [7, 11) is 1.74. The number of methoxy groups -OCH3 is 1. The zero-order valence-electron chi connectivity index (χ0n) is 13.3. The van der Waals surface area contributed by atoms with Gasteiger partial charge in [-0.15, -0.1) is 0 Å². The molecule has 1 atom stereocenters. The van der Waals surface area contributed by atoms with Crippen LogP contribution >= 0.6 is 0 Å². The minimum atomic E-state index is 0.461. The molecule has 118 valence electrons. The molecule has 0 amide bonds. The topological polar surface area (TPSA) is 40.3 Å². The highest BCUT2D eigenvalue weighted by molar-refractivity contribution is 5.86. The molecule has 0 bridgehead atoms. The number of benzene rings is 1. The number of rotatable bonds is 4. The molecule has 0 aliphatic carbocycles. The van der Waals surface area contributed by atoms with E-state index in [1.54, 1.807) is 7.11 Å². The molecular weight excluding hydrogens is 274 g/mol. The van der Waals surface area contributed by atoms with E-state index in [1.165, 1.54) is 61.1 Å². The Balaban J connectivity index is 1.59. The van der Waals surface area contributed by atoms with Gasteiger partial charge in [-0.1, -0.05) is 0 Å². The second-order valence-corrected chi connectivity index (χ2v) is 6.52. The fourth-order valence-electron chi connectivity index (χ4n) is 3.98. The number of nitrogens with zero attached hydrogens (tertiary/aromatic N) is 1. The summed E-state index contributed by atoms with van der Waals surface area (Å²) in [6.07, 6.45) is 5.03. The van der Waals surface area contributed by atoms with Crippen LogP contribution < -0.4 is 10.1 Å². The van der Waals surface area contributed by atoms with Crippen LogP contribution in [0.15, 0.2) is 18.2 Å². The van der Waals surface area contributed by atoms with Crippen LogP contribution in [-0.4, -0.2) is 43.2 Å². The molecule has 0 saturated carbocycles. The molecule has 1 fully saturated rings. The third kappa shape index (κ3) is 2.50. The monoisotopic (exact) mass is 299 g/mol. The van der Waals surface area contributed by atoms with E-state index in [0.29, 0.717) is 6.04 Å². The number of likely N-dealkylation sites (tertiary alicyclic amines) is 1. The van der Waals surface area contributed by atoms with Crippen LogP contribution in [-0.2, 0) is 6.42 Å². The summed E-state index contributed by atoms with van der Waals surface area (Å²) in [6, 6.07) is 6.82. The highest BCUT2D eigenvalue weighted by Gasteiger charge is 2.24.